The molecule has 0 bridgehead atoms. The highest BCUT2D eigenvalue weighted by Crippen LogP contribution is 2.31. The molecule has 0 aromatic carbocycles. The summed E-state index contributed by atoms with van der Waals surface area (Å²) < 4.78 is 7.66. The van der Waals surface area contributed by atoms with Crippen molar-refractivity contribution in [3.8, 4) is 0 Å². The lowest BCUT2D eigenvalue weighted by molar-refractivity contribution is 0.121. The van der Waals surface area contributed by atoms with Crippen molar-refractivity contribution >= 4 is 5.82 Å². The van der Waals surface area contributed by atoms with Gasteiger partial charge in [-0.2, -0.15) is 5.10 Å². The number of nitrogens with one attached hydrogen (secondary N) is 1. The molecule has 1 aliphatic heterocycles. The third-order valence-corrected chi connectivity index (χ3v) is 3.55. The molecule has 1 aromatic heterocycles. The van der Waals surface area contributed by atoms with Gasteiger partial charge in [-0.3, -0.25) is 0 Å². The molecule has 16 heavy (non-hydrogen) atoms. The molecule has 1 aromatic rings. The second-order valence-electron chi connectivity index (χ2n) is 4.96. The molecule has 0 spiro atoms. The summed E-state index contributed by atoms with van der Waals surface area (Å²) in [5.74, 6) is 2.01. The van der Waals surface area contributed by atoms with Crippen LogP contribution in [0.3, 0.4) is 0 Å². The number of nitrogens with zero attached hydrogens (tertiary/aromatic N) is 2. The maximum absolute atomic E-state index is 5.56. The van der Waals surface area contributed by atoms with E-state index in [0.29, 0.717) is 12.1 Å². The molecule has 1 aliphatic carbocycles. The van der Waals surface area contributed by atoms with E-state index < -0.39 is 0 Å². The van der Waals surface area contributed by atoms with E-state index in [-0.39, 0.29) is 0 Å². The summed E-state index contributed by atoms with van der Waals surface area (Å²) in [6.07, 6.45) is 6.01. The van der Waals surface area contributed by atoms with Crippen LogP contribution in [0, 0.1) is 5.92 Å². The van der Waals surface area contributed by atoms with Crippen LogP contribution in [-0.4, -0.2) is 28.5 Å². The zero-order valence-corrected chi connectivity index (χ0v) is 9.72. The van der Waals surface area contributed by atoms with Crippen LogP contribution in [-0.2, 0) is 11.3 Å². The van der Waals surface area contributed by atoms with Gasteiger partial charge in [0.1, 0.15) is 5.82 Å². The Kier molecular flexibility index (Phi) is 2.59. The first-order valence-electron chi connectivity index (χ1n) is 6.23. The van der Waals surface area contributed by atoms with Crippen molar-refractivity contribution in [3.05, 3.63) is 12.3 Å². The topological polar surface area (TPSA) is 39.1 Å². The van der Waals surface area contributed by atoms with Crippen LogP contribution in [0.5, 0.6) is 0 Å². The van der Waals surface area contributed by atoms with E-state index in [0.717, 1.165) is 31.3 Å². The second kappa shape index (κ2) is 4.09. The van der Waals surface area contributed by atoms with Crippen molar-refractivity contribution in [2.45, 2.75) is 44.9 Å². The second-order valence-corrected chi connectivity index (χ2v) is 4.96. The minimum atomic E-state index is 0.310. The highest BCUT2D eigenvalue weighted by molar-refractivity contribution is 5.36. The standard InChI is InChI=1S/C12H19N3O/c1-9-11(5-7-16-9)14-12-4-6-13-15(12)8-10-2-3-10/h4,6,9-11,14H,2-3,5,7-8H2,1H3. The summed E-state index contributed by atoms with van der Waals surface area (Å²) in [5.41, 5.74) is 0. The lowest BCUT2D eigenvalue weighted by Crippen LogP contribution is -2.28. The summed E-state index contributed by atoms with van der Waals surface area (Å²) >= 11 is 0. The largest absolute Gasteiger partial charge is 0.376 e. The van der Waals surface area contributed by atoms with Crippen LogP contribution in [0.25, 0.3) is 0 Å². The fourth-order valence-electron chi connectivity index (χ4n) is 2.26. The first kappa shape index (κ1) is 10.1. The molecule has 2 fully saturated rings. The first-order valence-corrected chi connectivity index (χ1v) is 6.23. The molecule has 1 saturated carbocycles. The number of anilines is 1. The maximum atomic E-state index is 5.56. The van der Waals surface area contributed by atoms with Crippen LogP contribution in [0.2, 0.25) is 0 Å². The molecule has 0 radical (unpaired) electrons. The predicted molar refractivity (Wildman–Crippen MR) is 62.4 cm³/mol. The minimum Gasteiger partial charge on any atom is -0.376 e. The summed E-state index contributed by atoms with van der Waals surface area (Å²) in [7, 11) is 0. The Morgan fingerprint density at radius 3 is 3.06 bits per heavy atom. The van der Waals surface area contributed by atoms with Crippen molar-refractivity contribution < 1.29 is 4.74 Å². The summed E-state index contributed by atoms with van der Waals surface area (Å²) in [6.45, 7) is 4.07. The third-order valence-electron chi connectivity index (χ3n) is 3.55. The maximum Gasteiger partial charge on any atom is 0.124 e. The highest BCUT2D eigenvalue weighted by atomic mass is 16.5. The Labute approximate surface area is 96.0 Å². The Balaban J connectivity index is 1.66. The number of rotatable bonds is 4. The van der Waals surface area contributed by atoms with Crippen molar-refractivity contribution in [3.63, 3.8) is 0 Å². The Morgan fingerprint density at radius 2 is 2.38 bits per heavy atom. The molecule has 3 rings (SSSR count). The van der Waals surface area contributed by atoms with E-state index in [9.17, 15) is 0 Å². The molecular formula is C12H19N3O. The summed E-state index contributed by atoms with van der Waals surface area (Å²) in [5, 5.41) is 7.92. The molecule has 2 unspecified atom stereocenters. The van der Waals surface area contributed by atoms with Crippen molar-refractivity contribution in [2.75, 3.05) is 11.9 Å². The summed E-state index contributed by atoms with van der Waals surface area (Å²) in [6, 6.07) is 2.50. The summed E-state index contributed by atoms with van der Waals surface area (Å²) in [4.78, 5) is 0. The van der Waals surface area contributed by atoms with Gasteiger partial charge >= 0.3 is 0 Å². The van der Waals surface area contributed by atoms with E-state index in [1.807, 2.05) is 6.20 Å². The van der Waals surface area contributed by atoms with Gasteiger partial charge in [-0.1, -0.05) is 0 Å². The van der Waals surface area contributed by atoms with E-state index in [4.69, 9.17) is 4.74 Å². The van der Waals surface area contributed by atoms with Crippen LogP contribution in [0.4, 0.5) is 5.82 Å². The zero-order chi connectivity index (χ0) is 11.0. The fourth-order valence-corrected chi connectivity index (χ4v) is 2.26. The molecule has 88 valence electrons. The van der Waals surface area contributed by atoms with E-state index in [1.165, 1.54) is 12.8 Å². The minimum absolute atomic E-state index is 0.310. The lowest BCUT2D eigenvalue weighted by Gasteiger charge is -2.18. The number of hydrogen-bond donors (Lipinski definition) is 1. The molecule has 1 N–H and O–H groups in total. The van der Waals surface area contributed by atoms with Crippen molar-refractivity contribution in [1.82, 2.24) is 9.78 Å². The quantitative estimate of drug-likeness (QED) is 0.843. The number of hydrogen-bond acceptors (Lipinski definition) is 3. The average Bonchev–Trinajstić information content (AvgIpc) is 2.84. The van der Waals surface area contributed by atoms with Crippen LogP contribution < -0.4 is 5.32 Å². The Morgan fingerprint density at radius 1 is 1.50 bits per heavy atom. The molecule has 4 nitrogen and oxygen atoms in total. The van der Waals surface area contributed by atoms with Gasteiger partial charge in [0.15, 0.2) is 0 Å². The lowest BCUT2D eigenvalue weighted by atomic mass is 10.1. The van der Waals surface area contributed by atoms with Crippen molar-refractivity contribution in [1.29, 1.82) is 0 Å². The molecule has 2 aliphatic rings. The van der Waals surface area contributed by atoms with Crippen LogP contribution in [0.15, 0.2) is 12.3 Å². The highest BCUT2D eigenvalue weighted by Gasteiger charge is 2.26. The van der Waals surface area contributed by atoms with Gasteiger partial charge < -0.3 is 10.1 Å². The van der Waals surface area contributed by atoms with Gasteiger partial charge in [0.25, 0.3) is 0 Å². The van der Waals surface area contributed by atoms with E-state index in [1.54, 1.807) is 0 Å². The number of aromatic nitrogens is 2. The predicted octanol–water partition coefficient (Wildman–Crippen LogP) is 1.88. The third kappa shape index (κ3) is 2.07. The zero-order valence-electron chi connectivity index (χ0n) is 9.72. The molecule has 4 heteroatoms. The average molecular weight is 221 g/mol. The first-order chi connectivity index (χ1) is 7.83. The van der Waals surface area contributed by atoms with Crippen LogP contribution >= 0.6 is 0 Å². The van der Waals surface area contributed by atoms with Crippen molar-refractivity contribution in [2.24, 2.45) is 5.92 Å². The Bertz CT molecular complexity index is 359. The monoisotopic (exact) mass is 221 g/mol. The molecule has 2 heterocycles. The van der Waals surface area contributed by atoms with Gasteiger partial charge in [-0.25, -0.2) is 4.68 Å². The van der Waals surface area contributed by atoms with E-state index in [2.05, 4.69) is 28.1 Å². The van der Waals surface area contributed by atoms with Gasteiger partial charge in [0.2, 0.25) is 0 Å². The van der Waals surface area contributed by atoms with Gasteiger partial charge in [-0.05, 0) is 32.1 Å². The molecule has 1 saturated heterocycles. The van der Waals surface area contributed by atoms with Crippen LogP contribution in [0.1, 0.15) is 26.2 Å². The van der Waals surface area contributed by atoms with Gasteiger partial charge in [0, 0.05) is 19.2 Å². The molecule has 0 amide bonds. The number of ether oxygens (including phenoxy) is 1. The van der Waals surface area contributed by atoms with Gasteiger partial charge in [-0.15, -0.1) is 0 Å². The SMILES string of the molecule is CC1OCCC1Nc1ccnn1CC1CC1. The van der Waals surface area contributed by atoms with E-state index >= 15 is 0 Å². The molecular weight excluding hydrogens is 202 g/mol. The normalized spacial score (nSPS) is 29.6. The molecule has 2 atom stereocenters. The Hall–Kier alpha value is -1.03. The fraction of sp³-hybridized carbons (Fsp3) is 0.750. The van der Waals surface area contributed by atoms with Gasteiger partial charge in [0.05, 0.1) is 18.3 Å². The smallest absolute Gasteiger partial charge is 0.124 e.